The minimum Gasteiger partial charge on any atom is -0.497 e. The number of carbonyl (C=O) groups is 3. The van der Waals surface area contributed by atoms with E-state index >= 15 is 0 Å². The molecule has 2 aliphatic heterocycles. The summed E-state index contributed by atoms with van der Waals surface area (Å²) >= 11 is 1.30. The van der Waals surface area contributed by atoms with Crippen LogP contribution in [0, 0.1) is 6.92 Å². The van der Waals surface area contributed by atoms with Gasteiger partial charge in [-0.15, -0.1) is 11.8 Å². The molecule has 2 heterocycles. The molecule has 5 rings (SSSR count). The van der Waals surface area contributed by atoms with Gasteiger partial charge in [-0.2, -0.15) is 0 Å². The van der Waals surface area contributed by atoms with Gasteiger partial charge in [0.25, 0.3) is 5.91 Å². The highest BCUT2D eigenvalue weighted by atomic mass is 32.2. The molecular formula is C26H23N3O4S. The molecule has 1 saturated heterocycles. The third-order valence-corrected chi connectivity index (χ3v) is 7.42. The molecule has 34 heavy (non-hydrogen) atoms. The quantitative estimate of drug-likeness (QED) is 0.608. The van der Waals surface area contributed by atoms with Crippen LogP contribution in [0.4, 0.5) is 17.1 Å². The summed E-state index contributed by atoms with van der Waals surface area (Å²) in [6, 6.07) is 21.9. The molecule has 0 unspecified atom stereocenters. The molecule has 3 aromatic carbocycles. The van der Waals surface area contributed by atoms with E-state index in [9.17, 15) is 14.4 Å². The Balaban J connectivity index is 1.48. The Labute approximate surface area is 201 Å². The number of rotatable bonds is 5. The minimum absolute atomic E-state index is 0.137. The summed E-state index contributed by atoms with van der Waals surface area (Å²) in [6.45, 7) is 1.80. The number of hydrogen-bond acceptors (Lipinski definition) is 5. The van der Waals surface area contributed by atoms with Gasteiger partial charge in [-0.3, -0.25) is 24.2 Å². The van der Waals surface area contributed by atoms with Crippen molar-refractivity contribution in [1.29, 1.82) is 0 Å². The van der Waals surface area contributed by atoms with E-state index in [4.69, 9.17) is 4.74 Å². The van der Waals surface area contributed by atoms with E-state index in [1.54, 1.807) is 36.3 Å². The molecule has 1 N–H and O–H groups in total. The van der Waals surface area contributed by atoms with Crippen LogP contribution in [0.15, 0.2) is 72.8 Å². The van der Waals surface area contributed by atoms with Gasteiger partial charge in [-0.1, -0.05) is 35.9 Å². The molecule has 0 bridgehead atoms. The van der Waals surface area contributed by atoms with Crippen LogP contribution in [-0.2, 0) is 19.3 Å². The topological polar surface area (TPSA) is 79.0 Å². The zero-order chi connectivity index (χ0) is 23.9. The minimum atomic E-state index is -1.23. The Morgan fingerprint density at radius 2 is 1.74 bits per heavy atom. The summed E-state index contributed by atoms with van der Waals surface area (Å²) in [5, 5.41) is 2.83. The lowest BCUT2D eigenvalue weighted by molar-refractivity contribution is -0.124. The van der Waals surface area contributed by atoms with Crippen LogP contribution in [0.2, 0.25) is 0 Å². The van der Waals surface area contributed by atoms with Gasteiger partial charge < -0.3 is 10.1 Å². The molecule has 172 valence electrons. The third kappa shape index (κ3) is 3.51. The van der Waals surface area contributed by atoms with Crippen molar-refractivity contribution in [2.45, 2.75) is 11.8 Å². The zero-order valence-corrected chi connectivity index (χ0v) is 19.6. The molecule has 1 atom stereocenters. The summed E-state index contributed by atoms with van der Waals surface area (Å²) in [4.78, 5) is 41.7. The first-order chi connectivity index (χ1) is 16.4. The highest BCUT2D eigenvalue weighted by Gasteiger charge is 2.61. The lowest BCUT2D eigenvalue weighted by Crippen LogP contribution is -2.50. The van der Waals surface area contributed by atoms with Crippen molar-refractivity contribution in [1.82, 2.24) is 0 Å². The summed E-state index contributed by atoms with van der Waals surface area (Å²) in [5.41, 5.74) is 3.68. The number of carbonyl (C=O) groups excluding carboxylic acids is 3. The van der Waals surface area contributed by atoms with E-state index in [-0.39, 0.29) is 30.0 Å². The standard InChI is InChI=1S/C26H23N3O4S/c1-17-7-11-19(12-8-17)29-24(31)16-34-26(29)21-5-3-4-6-22(21)28(25(26)32)15-23(30)27-18-9-13-20(33-2)14-10-18/h3-14H,15-16H2,1-2H3,(H,27,30)/t26-/m0/s1. The maximum Gasteiger partial charge on any atom is 0.269 e. The molecule has 0 saturated carbocycles. The highest BCUT2D eigenvalue weighted by molar-refractivity contribution is 8.02. The second kappa shape index (κ2) is 8.53. The number of benzene rings is 3. The van der Waals surface area contributed by atoms with Gasteiger partial charge in [0.15, 0.2) is 0 Å². The largest absolute Gasteiger partial charge is 0.497 e. The van der Waals surface area contributed by atoms with Crippen molar-refractivity contribution in [3.8, 4) is 5.75 Å². The third-order valence-electron chi connectivity index (χ3n) is 6.03. The number of amides is 3. The number of thioether (sulfide) groups is 1. The Morgan fingerprint density at radius 3 is 2.44 bits per heavy atom. The van der Waals surface area contributed by atoms with Crippen molar-refractivity contribution in [3.05, 3.63) is 83.9 Å². The Morgan fingerprint density at radius 1 is 1.03 bits per heavy atom. The summed E-state index contributed by atoms with van der Waals surface area (Å²) < 4.78 is 5.15. The number of anilines is 3. The number of fused-ring (bicyclic) bond motifs is 2. The van der Waals surface area contributed by atoms with Crippen molar-refractivity contribution >= 4 is 46.5 Å². The number of aryl methyl sites for hydroxylation is 1. The SMILES string of the molecule is COc1ccc(NC(=O)CN2C(=O)[C@@]3(SCC(=O)N3c3ccc(C)cc3)c3ccccc32)cc1. The molecule has 1 spiro atoms. The number of para-hydroxylation sites is 1. The number of nitrogens with zero attached hydrogens (tertiary/aromatic N) is 2. The van der Waals surface area contributed by atoms with Crippen molar-refractivity contribution < 1.29 is 19.1 Å². The van der Waals surface area contributed by atoms with Crippen molar-refractivity contribution in [2.24, 2.45) is 0 Å². The van der Waals surface area contributed by atoms with Crippen LogP contribution in [0.5, 0.6) is 5.75 Å². The van der Waals surface area contributed by atoms with Crippen LogP contribution in [-0.4, -0.2) is 37.1 Å². The Bertz CT molecular complexity index is 1280. The zero-order valence-electron chi connectivity index (χ0n) is 18.8. The molecule has 0 aliphatic carbocycles. The number of methoxy groups -OCH3 is 1. The van der Waals surface area contributed by atoms with E-state index < -0.39 is 4.87 Å². The molecule has 8 heteroatoms. The normalized spacial score (nSPS) is 19.0. The van der Waals surface area contributed by atoms with Crippen LogP contribution < -0.4 is 19.9 Å². The number of nitrogens with one attached hydrogen (secondary N) is 1. The van der Waals surface area contributed by atoms with Gasteiger partial charge in [0.05, 0.1) is 18.6 Å². The van der Waals surface area contributed by atoms with Crippen LogP contribution >= 0.6 is 11.8 Å². The first kappa shape index (κ1) is 22.0. The number of ether oxygens (including phenoxy) is 1. The molecule has 1 fully saturated rings. The average molecular weight is 474 g/mol. The van der Waals surface area contributed by atoms with E-state index in [1.165, 1.54) is 16.7 Å². The average Bonchev–Trinajstić information content (AvgIpc) is 3.31. The fraction of sp³-hybridized carbons (Fsp3) is 0.192. The predicted octanol–water partition coefficient (Wildman–Crippen LogP) is 3.92. The first-order valence-electron chi connectivity index (χ1n) is 10.8. The summed E-state index contributed by atoms with van der Waals surface area (Å²) in [7, 11) is 1.57. The monoisotopic (exact) mass is 473 g/mol. The van der Waals surface area contributed by atoms with Gasteiger partial charge in [0, 0.05) is 16.9 Å². The second-order valence-corrected chi connectivity index (χ2v) is 9.35. The Hall–Kier alpha value is -3.78. The van der Waals surface area contributed by atoms with E-state index in [2.05, 4.69) is 5.32 Å². The van der Waals surface area contributed by atoms with Crippen molar-refractivity contribution in [3.63, 3.8) is 0 Å². The van der Waals surface area contributed by atoms with Crippen LogP contribution in [0.3, 0.4) is 0 Å². The van der Waals surface area contributed by atoms with Gasteiger partial charge in [0.1, 0.15) is 12.3 Å². The summed E-state index contributed by atoms with van der Waals surface area (Å²) in [6.07, 6.45) is 0. The van der Waals surface area contributed by atoms with Gasteiger partial charge in [-0.25, -0.2) is 0 Å². The molecule has 0 radical (unpaired) electrons. The van der Waals surface area contributed by atoms with E-state index in [0.717, 1.165) is 5.56 Å². The maximum atomic E-state index is 14.0. The molecular weight excluding hydrogens is 450 g/mol. The lowest BCUT2D eigenvalue weighted by Gasteiger charge is -2.33. The fourth-order valence-electron chi connectivity index (χ4n) is 4.42. The maximum absolute atomic E-state index is 14.0. The lowest BCUT2D eigenvalue weighted by atomic mass is 10.0. The first-order valence-corrected chi connectivity index (χ1v) is 11.8. The van der Waals surface area contributed by atoms with E-state index in [1.807, 2.05) is 55.5 Å². The Kier molecular flexibility index (Phi) is 5.53. The van der Waals surface area contributed by atoms with Crippen LogP contribution in [0.25, 0.3) is 0 Å². The molecule has 3 amide bonds. The molecule has 3 aromatic rings. The van der Waals surface area contributed by atoms with Gasteiger partial charge in [-0.05, 0) is 49.4 Å². The molecule has 2 aliphatic rings. The van der Waals surface area contributed by atoms with Crippen molar-refractivity contribution in [2.75, 3.05) is 34.5 Å². The molecule has 7 nitrogen and oxygen atoms in total. The number of hydrogen-bond donors (Lipinski definition) is 1. The predicted molar refractivity (Wildman–Crippen MR) is 133 cm³/mol. The van der Waals surface area contributed by atoms with Gasteiger partial charge >= 0.3 is 0 Å². The summed E-state index contributed by atoms with van der Waals surface area (Å²) in [5.74, 6) is 0.0978. The van der Waals surface area contributed by atoms with Crippen LogP contribution in [0.1, 0.15) is 11.1 Å². The van der Waals surface area contributed by atoms with E-state index in [0.29, 0.717) is 28.4 Å². The highest BCUT2D eigenvalue weighted by Crippen LogP contribution is 2.55. The fourth-order valence-corrected chi connectivity index (χ4v) is 5.78. The van der Waals surface area contributed by atoms with Gasteiger partial charge in [0.2, 0.25) is 16.7 Å². The smallest absolute Gasteiger partial charge is 0.269 e. The molecule has 0 aromatic heterocycles. The second-order valence-electron chi connectivity index (χ2n) is 8.18.